The summed E-state index contributed by atoms with van der Waals surface area (Å²) in [6.07, 6.45) is 3.80. The third-order valence-corrected chi connectivity index (χ3v) is 7.36. The van der Waals surface area contributed by atoms with Crippen LogP contribution in [0.3, 0.4) is 0 Å². The zero-order valence-electron chi connectivity index (χ0n) is 17.1. The van der Waals surface area contributed by atoms with Gasteiger partial charge in [0.15, 0.2) is 0 Å². The highest BCUT2D eigenvalue weighted by molar-refractivity contribution is 7.10. The third kappa shape index (κ3) is 4.73. The number of piperazine rings is 1. The lowest BCUT2D eigenvalue weighted by Gasteiger charge is -2.46. The zero-order valence-corrected chi connectivity index (χ0v) is 17.9. The zero-order chi connectivity index (χ0) is 19.4. The number of aryl methyl sites for hydroxylation is 1. The van der Waals surface area contributed by atoms with E-state index in [4.69, 9.17) is 0 Å². The predicted octanol–water partition coefficient (Wildman–Crippen LogP) is 2.47. The first-order valence-electron chi connectivity index (χ1n) is 10.4. The molecule has 0 spiro atoms. The molecule has 3 heterocycles. The van der Waals surface area contributed by atoms with Gasteiger partial charge >= 0.3 is 0 Å². The largest absolute Gasteiger partial charge is 0.396 e. The molecule has 1 aromatic rings. The average Bonchev–Trinajstić information content (AvgIpc) is 3.06. The van der Waals surface area contributed by atoms with Crippen LogP contribution in [0.4, 0.5) is 0 Å². The van der Waals surface area contributed by atoms with Crippen LogP contribution in [0.5, 0.6) is 0 Å². The molecule has 152 valence electrons. The lowest BCUT2D eigenvalue weighted by atomic mass is 9.86. The molecular formula is C21H35N3O2S. The molecule has 0 aromatic carbocycles. The third-order valence-electron chi connectivity index (χ3n) is 6.41. The van der Waals surface area contributed by atoms with E-state index >= 15 is 0 Å². The van der Waals surface area contributed by atoms with Gasteiger partial charge in [-0.1, -0.05) is 6.92 Å². The molecule has 1 N–H and O–H groups in total. The molecule has 2 aliphatic rings. The van der Waals surface area contributed by atoms with E-state index in [1.165, 1.54) is 10.4 Å². The van der Waals surface area contributed by atoms with Crippen LogP contribution in [0, 0.1) is 12.8 Å². The summed E-state index contributed by atoms with van der Waals surface area (Å²) in [7, 11) is 2.19. The van der Waals surface area contributed by atoms with Crippen molar-refractivity contribution in [3.05, 3.63) is 21.4 Å². The highest BCUT2D eigenvalue weighted by Crippen LogP contribution is 2.30. The van der Waals surface area contributed by atoms with Gasteiger partial charge in [0.05, 0.1) is 5.56 Å². The topological polar surface area (TPSA) is 47.0 Å². The van der Waals surface area contributed by atoms with Crippen LogP contribution >= 0.6 is 11.3 Å². The molecule has 0 aliphatic carbocycles. The number of thiophene rings is 1. The second-order valence-electron chi connectivity index (χ2n) is 8.11. The maximum absolute atomic E-state index is 13.2. The van der Waals surface area contributed by atoms with Crippen molar-refractivity contribution in [2.75, 3.05) is 52.9 Å². The molecular weight excluding hydrogens is 358 g/mol. The van der Waals surface area contributed by atoms with Gasteiger partial charge in [0.2, 0.25) is 0 Å². The van der Waals surface area contributed by atoms with Gasteiger partial charge in [-0.2, -0.15) is 0 Å². The number of aliphatic hydroxyl groups is 1. The summed E-state index contributed by atoms with van der Waals surface area (Å²) in [4.78, 5) is 21.6. The van der Waals surface area contributed by atoms with Gasteiger partial charge in [0.25, 0.3) is 5.91 Å². The highest BCUT2D eigenvalue weighted by atomic mass is 32.1. The van der Waals surface area contributed by atoms with Crippen LogP contribution in [0.25, 0.3) is 0 Å². The second-order valence-corrected chi connectivity index (χ2v) is 9.19. The van der Waals surface area contributed by atoms with Gasteiger partial charge in [-0.3, -0.25) is 9.69 Å². The SMILES string of the molecule is CCc1c(C(=O)N2CC[C@H](N3CCN(C)CC3)[C@H](CCCO)C2)csc1C. The Bertz CT molecular complexity index is 625. The van der Waals surface area contributed by atoms with Crippen molar-refractivity contribution in [1.29, 1.82) is 0 Å². The molecule has 0 radical (unpaired) electrons. The van der Waals surface area contributed by atoms with Crippen molar-refractivity contribution in [2.24, 2.45) is 5.92 Å². The molecule has 2 saturated heterocycles. The number of carbonyl (C=O) groups excluding carboxylic acids is 1. The van der Waals surface area contributed by atoms with Gasteiger partial charge in [-0.15, -0.1) is 11.3 Å². The molecule has 3 rings (SSSR count). The Morgan fingerprint density at radius 2 is 2.00 bits per heavy atom. The summed E-state index contributed by atoms with van der Waals surface area (Å²) in [5.41, 5.74) is 2.14. The fourth-order valence-electron chi connectivity index (χ4n) is 4.74. The predicted molar refractivity (Wildman–Crippen MR) is 112 cm³/mol. The smallest absolute Gasteiger partial charge is 0.254 e. The van der Waals surface area contributed by atoms with E-state index in [0.717, 1.165) is 70.5 Å². The van der Waals surface area contributed by atoms with Gasteiger partial charge in [0, 0.05) is 62.2 Å². The summed E-state index contributed by atoms with van der Waals surface area (Å²) in [6.45, 7) is 10.7. The number of amides is 1. The average molecular weight is 394 g/mol. The molecule has 1 aromatic heterocycles. The summed E-state index contributed by atoms with van der Waals surface area (Å²) in [5, 5.41) is 11.4. The van der Waals surface area contributed by atoms with Crippen molar-refractivity contribution in [1.82, 2.24) is 14.7 Å². The summed E-state index contributed by atoms with van der Waals surface area (Å²) in [5.74, 6) is 0.671. The van der Waals surface area contributed by atoms with Crippen LogP contribution in [0.2, 0.25) is 0 Å². The van der Waals surface area contributed by atoms with Crippen molar-refractivity contribution in [2.45, 2.75) is 45.6 Å². The maximum Gasteiger partial charge on any atom is 0.254 e. The van der Waals surface area contributed by atoms with Gasteiger partial charge in [0.1, 0.15) is 0 Å². The molecule has 0 bridgehead atoms. The molecule has 0 unspecified atom stereocenters. The summed E-state index contributed by atoms with van der Waals surface area (Å²) < 4.78 is 0. The molecule has 2 aliphatic heterocycles. The Morgan fingerprint density at radius 3 is 2.67 bits per heavy atom. The van der Waals surface area contributed by atoms with Crippen LogP contribution < -0.4 is 0 Å². The molecule has 27 heavy (non-hydrogen) atoms. The summed E-state index contributed by atoms with van der Waals surface area (Å²) in [6, 6.07) is 0.546. The van der Waals surface area contributed by atoms with Crippen molar-refractivity contribution < 1.29 is 9.90 Å². The first-order valence-corrected chi connectivity index (χ1v) is 11.3. The Labute approximate surface area is 167 Å². The van der Waals surface area contributed by atoms with E-state index in [-0.39, 0.29) is 12.5 Å². The van der Waals surface area contributed by atoms with Crippen LogP contribution in [-0.4, -0.2) is 84.7 Å². The number of likely N-dealkylation sites (N-methyl/N-ethyl adjacent to an activating group) is 1. The van der Waals surface area contributed by atoms with Crippen molar-refractivity contribution >= 4 is 17.2 Å². The van der Waals surface area contributed by atoms with Gasteiger partial charge in [-0.25, -0.2) is 0 Å². The molecule has 0 saturated carbocycles. The lowest BCUT2D eigenvalue weighted by Crippen LogP contribution is -2.57. The standard InChI is InChI=1S/C21H35N3O2S/c1-4-18-16(2)27-15-19(18)21(26)24-8-7-20(17(14-24)6-5-13-25)23-11-9-22(3)10-12-23/h15,17,20,25H,4-14H2,1-3H3/t17-,20+/m1/s1. The number of nitrogens with zero attached hydrogens (tertiary/aromatic N) is 3. The quantitative estimate of drug-likeness (QED) is 0.807. The van der Waals surface area contributed by atoms with Crippen LogP contribution in [0.1, 0.15) is 47.0 Å². The molecule has 6 heteroatoms. The highest BCUT2D eigenvalue weighted by Gasteiger charge is 2.36. The Hall–Kier alpha value is -0.950. The fraction of sp³-hybridized carbons (Fsp3) is 0.762. The number of hydrogen-bond donors (Lipinski definition) is 1. The first kappa shape index (κ1) is 20.8. The molecule has 2 fully saturated rings. The number of hydrogen-bond acceptors (Lipinski definition) is 5. The number of aliphatic hydroxyl groups excluding tert-OH is 1. The minimum Gasteiger partial charge on any atom is -0.396 e. The minimum absolute atomic E-state index is 0.210. The van der Waals surface area contributed by atoms with E-state index in [2.05, 4.69) is 35.6 Å². The first-order chi connectivity index (χ1) is 13.0. The second kappa shape index (κ2) is 9.50. The lowest BCUT2D eigenvalue weighted by molar-refractivity contribution is 0.0217. The van der Waals surface area contributed by atoms with E-state index in [9.17, 15) is 9.90 Å². The number of carbonyl (C=O) groups is 1. The van der Waals surface area contributed by atoms with Gasteiger partial charge in [-0.05, 0) is 51.1 Å². The Balaban J connectivity index is 1.70. The number of piperidine rings is 1. The van der Waals surface area contributed by atoms with E-state index < -0.39 is 0 Å². The molecule has 1 amide bonds. The summed E-state index contributed by atoms with van der Waals surface area (Å²) >= 11 is 1.69. The van der Waals surface area contributed by atoms with Gasteiger partial charge < -0.3 is 14.9 Å². The van der Waals surface area contributed by atoms with Crippen LogP contribution in [-0.2, 0) is 6.42 Å². The van der Waals surface area contributed by atoms with E-state index in [0.29, 0.717) is 12.0 Å². The van der Waals surface area contributed by atoms with E-state index in [1.54, 1.807) is 11.3 Å². The fourth-order valence-corrected chi connectivity index (χ4v) is 5.68. The minimum atomic E-state index is 0.210. The number of likely N-dealkylation sites (tertiary alicyclic amines) is 1. The molecule has 2 atom stereocenters. The van der Waals surface area contributed by atoms with Crippen LogP contribution in [0.15, 0.2) is 5.38 Å². The van der Waals surface area contributed by atoms with Crippen molar-refractivity contribution in [3.63, 3.8) is 0 Å². The maximum atomic E-state index is 13.2. The monoisotopic (exact) mass is 393 g/mol. The van der Waals surface area contributed by atoms with Crippen molar-refractivity contribution in [3.8, 4) is 0 Å². The van der Waals surface area contributed by atoms with E-state index in [1.807, 2.05) is 5.38 Å². The normalized spacial score (nSPS) is 25.1. The number of rotatable bonds is 6. The molecule has 5 nitrogen and oxygen atoms in total. The Morgan fingerprint density at radius 1 is 1.26 bits per heavy atom. The Kier molecular flexibility index (Phi) is 7.31.